The molecule has 12 heavy (non-hydrogen) atoms. The SMILES string of the molecule is NNC(=O)c1cc(F)cnc1F. The predicted octanol–water partition coefficient (Wildman–Crippen LogP) is -0.0367. The summed E-state index contributed by atoms with van der Waals surface area (Å²) in [5.41, 5.74) is 1.15. The maximum Gasteiger partial charge on any atom is 0.269 e. The van der Waals surface area contributed by atoms with Gasteiger partial charge in [-0.15, -0.1) is 0 Å². The van der Waals surface area contributed by atoms with Gasteiger partial charge in [-0.1, -0.05) is 0 Å². The van der Waals surface area contributed by atoms with Crippen molar-refractivity contribution < 1.29 is 13.6 Å². The largest absolute Gasteiger partial charge is 0.290 e. The Kier molecular flexibility index (Phi) is 2.29. The molecule has 64 valence electrons. The third-order valence-electron chi connectivity index (χ3n) is 1.18. The van der Waals surface area contributed by atoms with Crippen molar-refractivity contribution in [2.45, 2.75) is 0 Å². The van der Waals surface area contributed by atoms with Crippen LogP contribution < -0.4 is 11.3 Å². The fourth-order valence-electron chi connectivity index (χ4n) is 0.660. The minimum Gasteiger partial charge on any atom is -0.290 e. The Bertz CT molecular complexity index is 316. The lowest BCUT2D eigenvalue weighted by molar-refractivity contribution is 0.0948. The highest BCUT2D eigenvalue weighted by Gasteiger charge is 2.12. The van der Waals surface area contributed by atoms with Crippen LogP contribution in [0.1, 0.15) is 10.4 Å². The van der Waals surface area contributed by atoms with Gasteiger partial charge in [0.25, 0.3) is 5.91 Å². The number of hydrogen-bond acceptors (Lipinski definition) is 3. The number of nitrogens with two attached hydrogens (primary N) is 1. The summed E-state index contributed by atoms with van der Waals surface area (Å²) in [7, 11) is 0. The standard InChI is InChI=1S/C6H5F2N3O/c7-3-1-4(6(12)11-9)5(8)10-2-3/h1-2H,9H2,(H,11,12). The van der Waals surface area contributed by atoms with E-state index in [1.807, 2.05) is 0 Å². The first kappa shape index (κ1) is 8.54. The second-order valence-electron chi connectivity index (χ2n) is 1.97. The van der Waals surface area contributed by atoms with Gasteiger partial charge in [0.05, 0.1) is 11.8 Å². The van der Waals surface area contributed by atoms with Gasteiger partial charge in [-0.2, -0.15) is 4.39 Å². The second kappa shape index (κ2) is 3.22. The van der Waals surface area contributed by atoms with Crippen molar-refractivity contribution in [1.29, 1.82) is 0 Å². The molecule has 0 unspecified atom stereocenters. The van der Waals surface area contributed by atoms with E-state index in [2.05, 4.69) is 4.98 Å². The third kappa shape index (κ3) is 1.54. The minimum atomic E-state index is -1.06. The Labute approximate surface area is 66.4 Å². The van der Waals surface area contributed by atoms with Crippen molar-refractivity contribution >= 4 is 5.91 Å². The number of aromatic nitrogens is 1. The third-order valence-corrected chi connectivity index (χ3v) is 1.18. The molecule has 0 radical (unpaired) electrons. The molecule has 0 aliphatic carbocycles. The molecule has 1 heterocycles. The Hall–Kier alpha value is -1.56. The van der Waals surface area contributed by atoms with E-state index in [4.69, 9.17) is 5.84 Å². The molecule has 0 spiro atoms. The number of hydrazine groups is 1. The Morgan fingerprint density at radius 3 is 2.83 bits per heavy atom. The van der Waals surface area contributed by atoms with E-state index in [0.717, 1.165) is 0 Å². The number of pyridine rings is 1. The molecule has 0 saturated carbocycles. The van der Waals surface area contributed by atoms with E-state index in [1.165, 1.54) is 0 Å². The molecule has 0 aliphatic rings. The molecule has 1 aromatic heterocycles. The monoisotopic (exact) mass is 173 g/mol. The second-order valence-corrected chi connectivity index (χ2v) is 1.97. The van der Waals surface area contributed by atoms with Gasteiger partial charge in [-0.3, -0.25) is 10.2 Å². The van der Waals surface area contributed by atoms with E-state index in [9.17, 15) is 13.6 Å². The summed E-state index contributed by atoms with van der Waals surface area (Å²) >= 11 is 0. The van der Waals surface area contributed by atoms with Gasteiger partial charge in [0.2, 0.25) is 5.95 Å². The highest BCUT2D eigenvalue weighted by atomic mass is 19.1. The summed E-state index contributed by atoms with van der Waals surface area (Å²) in [6.45, 7) is 0. The summed E-state index contributed by atoms with van der Waals surface area (Å²) < 4.78 is 25.0. The average molecular weight is 173 g/mol. The van der Waals surface area contributed by atoms with E-state index in [1.54, 1.807) is 5.43 Å². The zero-order valence-electron chi connectivity index (χ0n) is 5.84. The van der Waals surface area contributed by atoms with Crippen molar-refractivity contribution in [2.24, 2.45) is 5.84 Å². The fraction of sp³-hybridized carbons (Fsp3) is 0. The van der Waals surface area contributed by atoms with Gasteiger partial charge in [-0.05, 0) is 6.07 Å². The predicted molar refractivity (Wildman–Crippen MR) is 35.8 cm³/mol. The lowest BCUT2D eigenvalue weighted by Gasteiger charge is -1.99. The Morgan fingerprint density at radius 1 is 1.58 bits per heavy atom. The van der Waals surface area contributed by atoms with Gasteiger partial charge in [0.15, 0.2) is 0 Å². The van der Waals surface area contributed by atoms with Crippen molar-refractivity contribution in [3.63, 3.8) is 0 Å². The maximum absolute atomic E-state index is 12.6. The number of amides is 1. The van der Waals surface area contributed by atoms with Gasteiger partial charge >= 0.3 is 0 Å². The van der Waals surface area contributed by atoms with Gasteiger partial charge < -0.3 is 0 Å². The summed E-state index contributed by atoms with van der Waals surface area (Å²) in [6, 6.07) is 0.713. The molecule has 1 amide bonds. The minimum absolute atomic E-state index is 0.516. The Balaban J connectivity index is 3.13. The summed E-state index contributed by atoms with van der Waals surface area (Å²) in [4.78, 5) is 13.7. The normalized spacial score (nSPS) is 9.58. The Morgan fingerprint density at radius 2 is 2.25 bits per heavy atom. The molecule has 6 heteroatoms. The molecule has 0 aliphatic heterocycles. The lowest BCUT2D eigenvalue weighted by atomic mass is 10.2. The van der Waals surface area contributed by atoms with E-state index in [-0.39, 0.29) is 0 Å². The average Bonchev–Trinajstić information content (AvgIpc) is 2.08. The van der Waals surface area contributed by atoms with Crippen LogP contribution in [0.25, 0.3) is 0 Å². The molecule has 0 atom stereocenters. The molecule has 0 bridgehead atoms. The molecule has 3 N–H and O–H groups in total. The molecule has 1 rings (SSSR count). The first-order valence-corrected chi connectivity index (χ1v) is 2.97. The van der Waals surface area contributed by atoms with Crippen LogP contribution in [0.15, 0.2) is 12.3 Å². The van der Waals surface area contributed by atoms with Crippen molar-refractivity contribution in [3.05, 3.63) is 29.6 Å². The number of nitrogen functional groups attached to an aromatic ring is 1. The number of rotatable bonds is 1. The number of hydrogen-bond donors (Lipinski definition) is 2. The highest BCUT2D eigenvalue weighted by Crippen LogP contribution is 2.05. The molecule has 0 saturated heterocycles. The van der Waals surface area contributed by atoms with Gasteiger partial charge in [-0.25, -0.2) is 15.2 Å². The zero-order chi connectivity index (χ0) is 9.14. The highest BCUT2D eigenvalue weighted by molar-refractivity contribution is 5.93. The van der Waals surface area contributed by atoms with Crippen molar-refractivity contribution in [3.8, 4) is 0 Å². The van der Waals surface area contributed by atoms with Crippen LogP contribution in [0, 0.1) is 11.8 Å². The van der Waals surface area contributed by atoms with Crippen LogP contribution in [0.3, 0.4) is 0 Å². The zero-order valence-corrected chi connectivity index (χ0v) is 5.84. The smallest absolute Gasteiger partial charge is 0.269 e. The van der Waals surface area contributed by atoms with E-state index < -0.39 is 23.2 Å². The number of halogens is 2. The summed E-state index contributed by atoms with van der Waals surface area (Å²) in [5, 5.41) is 0. The molecule has 4 nitrogen and oxygen atoms in total. The topological polar surface area (TPSA) is 68.0 Å². The molecular formula is C6H5F2N3O. The number of carbonyl (C=O) groups is 1. The van der Waals surface area contributed by atoms with Crippen molar-refractivity contribution in [1.82, 2.24) is 10.4 Å². The van der Waals surface area contributed by atoms with Crippen LogP contribution in [0.5, 0.6) is 0 Å². The molecule has 0 aromatic carbocycles. The molecule has 0 fully saturated rings. The van der Waals surface area contributed by atoms with E-state index >= 15 is 0 Å². The lowest BCUT2D eigenvalue weighted by Crippen LogP contribution is -2.31. The van der Waals surface area contributed by atoms with Crippen LogP contribution in [0.2, 0.25) is 0 Å². The fourth-order valence-corrected chi connectivity index (χ4v) is 0.660. The van der Waals surface area contributed by atoms with Crippen molar-refractivity contribution in [2.75, 3.05) is 0 Å². The summed E-state index contributed by atoms with van der Waals surface area (Å²) in [5.74, 6) is 1.94. The van der Waals surface area contributed by atoms with E-state index in [0.29, 0.717) is 12.3 Å². The van der Waals surface area contributed by atoms with Crippen LogP contribution in [0.4, 0.5) is 8.78 Å². The van der Waals surface area contributed by atoms with Crippen LogP contribution in [-0.4, -0.2) is 10.9 Å². The number of nitrogens with one attached hydrogen (secondary N) is 1. The first-order valence-electron chi connectivity index (χ1n) is 2.97. The first-order chi connectivity index (χ1) is 5.65. The number of carbonyl (C=O) groups excluding carboxylic acids is 1. The quantitative estimate of drug-likeness (QED) is 0.271. The van der Waals surface area contributed by atoms with Gasteiger partial charge in [0, 0.05) is 0 Å². The molecule has 1 aromatic rings. The molecular weight excluding hydrogens is 168 g/mol. The summed E-state index contributed by atoms with van der Waals surface area (Å²) in [6.07, 6.45) is 0.669. The maximum atomic E-state index is 12.6. The van der Waals surface area contributed by atoms with Crippen LogP contribution in [-0.2, 0) is 0 Å². The number of nitrogens with zero attached hydrogens (tertiary/aromatic N) is 1. The van der Waals surface area contributed by atoms with Crippen LogP contribution >= 0.6 is 0 Å². The van der Waals surface area contributed by atoms with Gasteiger partial charge in [0.1, 0.15) is 5.82 Å².